The lowest BCUT2D eigenvalue weighted by molar-refractivity contribution is 0.188. The fourth-order valence-electron chi connectivity index (χ4n) is 3.35. The van der Waals surface area contributed by atoms with E-state index in [0.717, 1.165) is 17.3 Å². The zero-order valence-corrected chi connectivity index (χ0v) is 9.90. The summed E-state index contributed by atoms with van der Waals surface area (Å²) in [5.74, 6) is 1.77. The molecule has 1 fully saturated rings. The highest BCUT2D eigenvalue weighted by Gasteiger charge is 2.34. The van der Waals surface area contributed by atoms with Gasteiger partial charge in [-0.25, -0.2) is 0 Å². The summed E-state index contributed by atoms with van der Waals surface area (Å²) in [6.45, 7) is 9.50. The van der Waals surface area contributed by atoms with E-state index in [1.54, 1.807) is 0 Å². The summed E-state index contributed by atoms with van der Waals surface area (Å²) in [4.78, 5) is 0. The van der Waals surface area contributed by atoms with Crippen molar-refractivity contribution >= 4 is 0 Å². The third kappa shape index (κ3) is 3.32. The predicted molar refractivity (Wildman–Crippen MR) is 59.8 cm³/mol. The summed E-state index contributed by atoms with van der Waals surface area (Å²) in [5.41, 5.74) is 0.738. The molecule has 0 spiro atoms. The van der Waals surface area contributed by atoms with E-state index in [4.69, 9.17) is 0 Å². The van der Waals surface area contributed by atoms with E-state index in [1.807, 2.05) is 0 Å². The Bertz CT molecular complexity index is 126. The van der Waals surface area contributed by atoms with Gasteiger partial charge in [-0.1, -0.05) is 40.5 Å². The molecule has 0 N–H and O–H groups in total. The summed E-state index contributed by atoms with van der Waals surface area (Å²) < 4.78 is 0. The normalized spacial score (nSPS) is 21.7. The second-order valence-corrected chi connectivity index (χ2v) is 5.90. The highest BCUT2D eigenvalue weighted by Crippen LogP contribution is 2.47. The molecule has 0 aliphatic heterocycles. The van der Waals surface area contributed by atoms with Gasteiger partial charge in [0.15, 0.2) is 0 Å². The van der Waals surface area contributed by atoms with Crippen molar-refractivity contribution in [3.05, 3.63) is 0 Å². The minimum Gasteiger partial charge on any atom is -0.0628 e. The van der Waals surface area contributed by atoms with Gasteiger partial charge in [-0.3, -0.25) is 0 Å². The number of hydrogen-bond donors (Lipinski definition) is 0. The Morgan fingerprint density at radius 3 is 1.54 bits per heavy atom. The molecule has 0 amide bonds. The van der Waals surface area contributed by atoms with Crippen molar-refractivity contribution in [2.24, 2.45) is 17.3 Å². The van der Waals surface area contributed by atoms with E-state index >= 15 is 0 Å². The van der Waals surface area contributed by atoms with Crippen molar-refractivity contribution in [1.29, 1.82) is 0 Å². The van der Waals surface area contributed by atoms with Crippen molar-refractivity contribution in [3.63, 3.8) is 0 Å². The molecule has 0 nitrogen and oxygen atoms in total. The molecular formula is C13H26. The van der Waals surface area contributed by atoms with Crippen LogP contribution >= 0.6 is 0 Å². The molecule has 1 aliphatic rings. The lowest BCUT2D eigenvalue weighted by Crippen LogP contribution is -2.21. The molecule has 0 atom stereocenters. The molecule has 0 heteroatoms. The molecule has 0 heterocycles. The minimum absolute atomic E-state index is 0.738. The van der Waals surface area contributed by atoms with Gasteiger partial charge in [0.05, 0.1) is 0 Å². The first-order valence-corrected chi connectivity index (χ1v) is 6.04. The average Bonchev–Trinajstić information content (AvgIpc) is 2.33. The van der Waals surface area contributed by atoms with E-state index in [1.165, 1.54) is 38.5 Å². The second kappa shape index (κ2) is 4.48. The van der Waals surface area contributed by atoms with Gasteiger partial charge in [0.25, 0.3) is 0 Å². The number of rotatable bonds is 4. The Hall–Kier alpha value is 0. The Morgan fingerprint density at radius 1 is 0.846 bits per heavy atom. The van der Waals surface area contributed by atoms with Crippen molar-refractivity contribution in [2.75, 3.05) is 0 Å². The van der Waals surface area contributed by atoms with Crippen molar-refractivity contribution in [3.8, 4) is 0 Å². The third-order valence-electron chi connectivity index (χ3n) is 3.35. The first-order chi connectivity index (χ1) is 6.04. The van der Waals surface area contributed by atoms with E-state index in [-0.39, 0.29) is 0 Å². The maximum absolute atomic E-state index is 2.38. The van der Waals surface area contributed by atoms with Crippen LogP contribution in [0.1, 0.15) is 66.2 Å². The topological polar surface area (TPSA) is 0 Å². The predicted octanol–water partition coefficient (Wildman–Crippen LogP) is 4.64. The zero-order valence-electron chi connectivity index (χ0n) is 9.90. The van der Waals surface area contributed by atoms with Crippen molar-refractivity contribution in [1.82, 2.24) is 0 Å². The van der Waals surface area contributed by atoms with Crippen LogP contribution < -0.4 is 0 Å². The van der Waals surface area contributed by atoms with E-state index in [2.05, 4.69) is 27.7 Å². The fourth-order valence-corrected chi connectivity index (χ4v) is 3.35. The molecule has 78 valence electrons. The first-order valence-electron chi connectivity index (χ1n) is 6.04. The van der Waals surface area contributed by atoms with Gasteiger partial charge in [-0.15, -0.1) is 0 Å². The van der Waals surface area contributed by atoms with Gasteiger partial charge in [0, 0.05) is 0 Å². The molecule has 0 aromatic carbocycles. The van der Waals surface area contributed by atoms with Gasteiger partial charge in [-0.2, -0.15) is 0 Å². The Morgan fingerprint density at radius 2 is 1.23 bits per heavy atom. The lowest BCUT2D eigenvalue weighted by Gasteiger charge is -2.32. The van der Waals surface area contributed by atoms with Crippen LogP contribution in [0, 0.1) is 17.3 Å². The van der Waals surface area contributed by atoms with Gasteiger partial charge in [0.1, 0.15) is 0 Å². The smallest absolute Gasteiger partial charge is 0.0293 e. The molecule has 0 aromatic heterocycles. The van der Waals surface area contributed by atoms with Crippen molar-refractivity contribution in [2.45, 2.75) is 66.2 Å². The Kier molecular flexibility index (Phi) is 3.82. The minimum atomic E-state index is 0.738. The molecule has 0 bridgehead atoms. The molecule has 0 unspecified atom stereocenters. The van der Waals surface area contributed by atoms with Crippen LogP contribution in [0.5, 0.6) is 0 Å². The highest BCUT2D eigenvalue weighted by atomic mass is 14.4. The fraction of sp³-hybridized carbons (Fsp3) is 1.00. The molecule has 1 aliphatic carbocycles. The Labute approximate surface area is 84.1 Å². The molecule has 1 saturated carbocycles. The van der Waals surface area contributed by atoms with E-state index in [0.29, 0.717) is 0 Å². The largest absolute Gasteiger partial charge is 0.0628 e. The SMILES string of the molecule is CC(C)CC1(CC(C)C)CCCC1. The van der Waals surface area contributed by atoms with Crippen LogP contribution in [-0.2, 0) is 0 Å². The van der Waals surface area contributed by atoms with Gasteiger partial charge < -0.3 is 0 Å². The molecule has 13 heavy (non-hydrogen) atoms. The van der Waals surface area contributed by atoms with Crippen LogP contribution in [0.25, 0.3) is 0 Å². The first kappa shape index (κ1) is 11.1. The van der Waals surface area contributed by atoms with Crippen LogP contribution in [0.2, 0.25) is 0 Å². The van der Waals surface area contributed by atoms with Crippen LogP contribution in [0.4, 0.5) is 0 Å². The quantitative estimate of drug-likeness (QED) is 0.594. The van der Waals surface area contributed by atoms with Gasteiger partial charge in [-0.05, 0) is 42.9 Å². The van der Waals surface area contributed by atoms with Crippen LogP contribution in [-0.4, -0.2) is 0 Å². The van der Waals surface area contributed by atoms with Gasteiger partial charge >= 0.3 is 0 Å². The van der Waals surface area contributed by atoms with Crippen LogP contribution in [0.3, 0.4) is 0 Å². The van der Waals surface area contributed by atoms with Gasteiger partial charge in [0.2, 0.25) is 0 Å². The Balaban J connectivity index is 2.52. The molecule has 1 rings (SSSR count). The third-order valence-corrected chi connectivity index (χ3v) is 3.35. The molecule has 0 radical (unpaired) electrons. The zero-order chi connectivity index (χ0) is 9.90. The molecule has 0 aromatic rings. The summed E-state index contributed by atoms with van der Waals surface area (Å²) in [6.07, 6.45) is 8.90. The standard InChI is InChI=1S/C13H26/c1-11(2)9-13(10-12(3)4)7-5-6-8-13/h11-12H,5-10H2,1-4H3. The maximum atomic E-state index is 2.38. The van der Waals surface area contributed by atoms with Crippen molar-refractivity contribution < 1.29 is 0 Å². The summed E-state index contributed by atoms with van der Waals surface area (Å²) in [6, 6.07) is 0. The average molecular weight is 182 g/mol. The van der Waals surface area contributed by atoms with E-state index < -0.39 is 0 Å². The second-order valence-electron chi connectivity index (χ2n) is 5.90. The maximum Gasteiger partial charge on any atom is -0.0293 e. The highest BCUT2D eigenvalue weighted by molar-refractivity contribution is 4.86. The van der Waals surface area contributed by atoms with Crippen LogP contribution in [0.15, 0.2) is 0 Å². The summed E-state index contributed by atoms with van der Waals surface area (Å²) in [5, 5.41) is 0. The monoisotopic (exact) mass is 182 g/mol. The lowest BCUT2D eigenvalue weighted by atomic mass is 9.73. The summed E-state index contributed by atoms with van der Waals surface area (Å²) in [7, 11) is 0. The number of hydrogen-bond acceptors (Lipinski definition) is 0. The molecule has 0 saturated heterocycles. The van der Waals surface area contributed by atoms with E-state index in [9.17, 15) is 0 Å². The summed E-state index contributed by atoms with van der Waals surface area (Å²) >= 11 is 0. The molecular weight excluding hydrogens is 156 g/mol.